The maximum Gasteiger partial charge on any atom is 0.255 e. The van der Waals surface area contributed by atoms with E-state index in [9.17, 15) is 17.6 Å². The van der Waals surface area contributed by atoms with Gasteiger partial charge in [-0.05, 0) is 54.4 Å². The van der Waals surface area contributed by atoms with Crippen molar-refractivity contribution in [1.82, 2.24) is 4.72 Å². The molecule has 0 saturated heterocycles. The highest BCUT2D eigenvalue weighted by Crippen LogP contribution is 2.20. The van der Waals surface area contributed by atoms with Crippen molar-refractivity contribution in [2.24, 2.45) is 0 Å². The molecule has 0 atom stereocenters. The third-order valence-corrected chi connectivity index (χ3v) is 5.86. The standard InChI is InChI=1S/C21H18ClFN2O3S/c22-17-8-6-16(7-9-17)21(26)25-20-11-10-18(14-19(20)23)29(27,28)24-13-12-15-4-2-1-3-5-15/h1-11,14,24H,12-13H2,(H,25,26). The average Bonchev–Trinajstić information content (AvgIpc) is 2.70. The van der Waals surface area contributed by atoms with E-state index in [0.717, 1.165) is 11.6 Å². The third-order valence-electron chi connectivity index (χ3n) is 4.15. The van der Waals surface area contributed by atoms with E-state index in [0.29, 0.717) is 17.0 Å². The molecule has 0 aromatic heterocycles. The van der Waals surface area contributed by atoms with Crippen LogP contribution >= 0.6 is 11.6 Å². The van der Waals surface area contributed by atoms with E-state index < -0.39 is 21.7 Å². The molecular weight excluding hydrogens is 415 g/mol. The Labute approximate surface area is 173 Å². The molecule has 3 aromatic rings. The summed E-state index contributed by atoms with van der Waals surface area (Å²) in [5.74, 6) is -1.38. The Bertz CT molecular complexity index is 1100. The van der Waals surface area contributed by atoms with Gasteiger partial charge in [0.05, 0.1) is 10.6 Å². The van der Waals surface area contributed by atoms with Crippen molar-refractivity contribution >= 4 is 33.2 Å². The minimum absolute atomic E-state index is 0.117. The summed E-state index contributed by atoms with van der Waals surface area (Å²) in [5.41, 5.74) is 1.17. The van der Waals surface area contributed by atoms with Gasteiger partial charge in [0.25, 0.3) is 5.91 Å². The van der Waals surface area contributed by atoms with Crippen molar-refractivity contribution in [2.45, 2.75) is 11.3 Å². The van der Waals surface area contributed by atoms with Crippen molar-refractivity contribution in [1.29, 1.82) is 0 Å². The molecule has 0 unspecified atom stereocenters. The van der Waals surface area contributed by atoms with Crippen LogP contribution in [0.15, 0.2) is 77.7 Å². The molecule has 5 nitrogen and oxygen atoms in total. The predicted octanol–water partition coefficient (Wildman–Crippen LogP) is 4.25. The Kier molecular flexibility index (Phi) is 6.64. The molecular formula is C21H18ClFN2O3S. The number of benzene rings is 3. The maximum absolute atomic E-state index is 14.4. The van der Waals surface area contributed by atoms with Crippen LogP contribution in [0.3, 0.4) is 0 Å². The number of rotatable bonds is 7. The first-order valence-electron chi connectivity index (χ1n) is 8.75. The fraction of sp³-hybridized carbons (Fsp3) is 0.0952. The second kappa shape index (κ2) is 9.17. The van der Waals surface area contributed by atoms with Crippen LogP contribution < -0.4 is 10.0 Å². The van der Waals surface area contributed by atoms with E-state index in [4.69, 9.17) is 11.6 Å². The molecule has 0 spiro atoms. The monoisotopic (exact) mass is 432 g/mol. The van der Waals surface area contributed by atoms with Crippen molar-refractivity contribution in [3.8, 4) is 0 Å². The zero-order valence-corrected chi connectivity index (χ0v) is 16.8. The van der Waals surface area contributed by atoms with Crippen LogP contribution in [0.25, 0.3) is 0 Å². The van der Waals surface area contributed by atoms with E-state index in [2.05, 4.69) is 10.0 Å². The topological polar surface area (TPSA) is 75.3 Å². The number of carbonyl (C=O) groups is 1. The maximum atomic E-state index is 14.4. The highest BCUT2D eigenvalue weighted by atomic mass is 35.5. The molecule has 0 aliphatic rings. The van der Waals surface area contributed by atoms with E-state index in [1.165, 1.54) is 24.3 Å². The van der Waals surface area contributed by atoms with E-state index in [1.54, 1.807) is 12.1 Å². The summed E-state index contributed by atoms with van der Waals surface area (Å²) in [7, 11) is -3.87. The van der Waals surface area contributed by atoms with Crippen molar-refractivity contribution in [2.75, 3.05) is 11.9 Å². The SMILES string of the molecule is O=C(Nc1ccc(S(=O)(=O)NCCc2ccccc2)cc1F)c1ccc(Cl)cc1. The molecule has 2 N–H and O–H groups in total. The Hall–Kier alpha value is -2.74. The summed E-state index contributed by atoms with van der Waals surface area (Å²) in [6.07, 6.45) is 0.512. The quantitative estimate of drug-likeness (QED) is 0.586. The van der Waals surface area contributed by atoms with Crippen LogP contribution in [-0.4, -0.2) is 20.9 Å². The number of carbonyl (C=O) groups excluding carboxylic acids is 1. The molecule has 0 fully saturated rings. The van der Waals surface area contributed by atoms with Crippen LogP contribution in [0.1, 0.15) is 15.9 Å². The molecule has 29 heavy (non-hydrogen) atoms. The van der Waals surface area contributed by atoms with E-state index in [-0.39, 0.29) is 17.1 Å². The van der Waals surface area contributed by atoms with Crippen LogP contribution in [0, 0.1) is 5.82 Å². The van der Waals surface area contributed by atoms with Gasteiger partial charge in [-0.1, -0.05) is 41.9 Å². The second-order valence-corrected chi connectivity index (χ2v) is 8.44. The number of sulfonamides is 1. The fourth-order valence-electron chi connectivity index (χ4n) is 2.62. The lowest BCUT2D eigenvalue weighted by atomic mass is 10.2. The number of halogens is 2. The lowest BCUT2D eigenvalue weighted by molar-refractivity contribution is 0.102. The molecule has 0 bridgehead atoms. The van der Waals surface area contributed by atoms with Crippen molar-refractivity contribution in [3.05, 3.63) is 94.8 Å². The molecule has 3 aromatic carbocycles. The third kappa shape index (κ3) is 5.63. The smallest absolute Gasteiger partial charge is 0.255 e. The number of anilines is 1. The molecule has 0 aliphatic heterocycles. The van der Waals surface area contributed by atoms with Crippen LogP contribution in [-0.2, 0) is 16.4 Å². The van der Waals surface area contributed by atoms with Crippen molar-refractivity contribution < 1.29 is 17.6 Å². The summed E-state index contributed by atoms with van der Waals surface area (Å²) in [4.78, 5) is 12.0. The van der Waals surface area contributed by atoms with Gasteiger partial charge < -0.3 is 5.32 Å². The van der Waals surface area contributed by atoms with Gasteiger partial charge in [-0.2, -0.15) is 0 Å². The zero-order chi connectivity index (χ0) is 20.9. The highest BCUT2D eigenvalue weighted by molar-refractivity contribution is 7.89. The molecule has 0 heterocycles. The van der Waals surface area contributed by atoms with E-state index in [1.807, 2.05) is 30.3 Å². The summed E-state index contributed by atoms with van der Waals surface area (Å²) in [5, 5.41) is 2.89. The van der Waals surface area contributed by atoms with Gasteiger partial charge in [-0.15, -0.1) is 0 Å². The Morgan fingerprint density at radius 2 is 1.66 bits per heavy atom. The van der Waals surface area contributed by atoms with Crippen LogP contribution in [0.2, 0.25) is 5.02 Å². The van der Waals surface area contributed by atoms with Gasteiger partial charge >= 0.3 is 0 Å². The number of hydrogen-bond donors (Lipinski definition) is 2. The zero-order valence-electron chi connectivity index (χ0n) is 15.2. The first-order valence-corrected chi connectivity index (χ1v) is 10.6. The first-order chi connectivity index (χ1) is 13.8. The number of amides is 1. The normalized spacial score (nSPS) is 11.2. The largest absolute Gasteiger partial charge is 0.319 e. The Balaban J connectivity index is 1.66. The minimum Gasteiger partial charge on any atom is -0.319 e. The van der Waals surface area contributed by atoms with Gasteiger partial charge in [-0.3, -0.25) is 4.79 Å². The number of nitrogens with one attached hydrogen (secondary N) is 2. The van der Waals surface area contributed by atoms with Crippen LogP contribution in [0.5, 0.6) is 0 Å². The highest BCUT2D eigenvalue weighted by Gasteiger charge is 2.17. The summed E-state index contributed by atoms with van der Waals surface area (Å²) < 4.78 is 41.6. The fourth-order valence-corrected chi connectivity index (χ4v) is 3.79. The molecule has 3 rings (SSSR count). The lowest BCUT2D eigenvalue weighted by Gasteiger charge is -2.10. The van der Waals surface area contributed by atoms with Crippen LogP contribution in [0.4, 0.5) is 10.1 Å². The van der Waals surface area contributed by atoms with Gasteiger partial charge in [0, 0.05) is 17.1 Å². The number of hydrogen-bond acceptors (Lipinski definition) is 3. The van der Waals surface area contributed by atoms with Gasteiger partial charge in [0.1, 0.15) is 5.82 Å². The molecule has 0 saturated carbocycles. The first kappa shape index (κ1) is 21.0. The summed E-state index contributed by atoms with van der Waals surface area (Å²) >= 11 is 5.78. The van der Waals surface area contributed by atoms with Gasteiger partial charge in [0.2, 0.25) is 10.0 Å². The molecule has 0 aliphatic carbocycles. The second-order valence-electron chi connectivity index (χ2n) is 6.24. The Morgan fingerprint density at radius 3 is 2.31 bits per heavy atom. The lowest BCUT2D eigenvalue weighted by Crippen LogP contribution is -2.26. The summed E-state index contributed by atoms with van der Waals surface area (Å²) in [6, 6.07) is 18.8. The molecule has 150 valence electrons. The Morgan fingerprint density at radius 1 is 0.966 bits per heavy atom. The molecule has 8 heteroatoms. The van der Waals surface area contributed by atoms with Crippen molar-refractivity contribution in [3.63, 3.8) is 0 Å². The average molecular weight is 433 g/mol. The van der Waals surface area contributed by atoms with Gasteiger partial charge in [-0.25, -0.2) is 17.5 Å². The van der Waals surface area contributed by atoms with E-state index >= 15 is 0 Å². The molecule has 0 radical (unpaired) electrons. The van der Waals surface area contributed by atoms with Gasteiger partial charge in [0.15, 0.2) is 0 Å². The summed E-state index contributed by atoms with van der Waals surface area (Å²) in [6.45, 7) is 0.184. The predicted molar refractivity (Wildman–Crippen MR) is 111 cm³/mol. The minimum atomic E-state index is -3.87. The molecule has 1 amide bonds.